The number of hydrogen-bond donors (Lipinski definition) is 1. The molecular formula is C18H23N3. The van der Waals surface area contributed by atoms with E-state index in [-0.39, 0.29) is 0 Å². The molecule has 0 bridgehead atoms. The molecule has 2 heterocycles. The molecule has 1 fully saturated rings. The van der Waals surface area contributed by atoms with Crippen LogP contribution < -0.4 is 5.32 Å². The SMILES string of the molecule is c1ccc(CN2CCC[C@H](NCc3ccncc3)C2)cc1. The van der Waals surface area contributed by atoms with Crippen LogP contribution in [0.5, 0.6) is 0 Å². The van der Waals surface area contributed by atoms with Gasteiger partial charge in [0.25, 0.3) is 0 Å². The van der Waals surface area contributed by atoms with E-state index in [0.717, 1.165) is 19.6 Å². The Morgan fingerprint density at radius 1 is 1.05 bits per heavy atom. The van der Waals surface area contributed by atoms with Crippen LogP contribution in [0.3, 0.4) is 0 Å². The Balaban J connectivity index is 1.49. The quantitative estimate of drug-likeness (QED) is 0.913. The highest BCUT2D eigenvalue weighted by Crippen LogP contribution is 2.14. The molecule has 2 aromatic rings. The number of nitrogens with one attached hydrogen (secondary N) is 1. The summed E-state index contributed by atoms with van der Waals surface area (Å²) in [5, 5.41) is 3.68. The van der Waals surface area contributed by atoms with Gasteiger partial charge in [0.1, 0.15) is 0 Å². The average molecular weight is 281 g/mol. The fraction of sp³-hybridized carbons (Fsp3) is 0.389. The van der Waals surface area contributed by atoms with Gasteiger partial charge in [0, 0.05) is 38.1 Å². The summed E-state index contributed by atoms with van der Waals surface area (Å²) >= 11 is 0. The Hall–Kier alpha value is -1.71. The average Bonchev–Trinajstić information content (AvgIpc) is 2.55. The van der Waals surface area contributed by atoms with Crippen molar-refractivity contribution >= 4 is 0 Å². The molecule has 3 rings (SSSR count). The van der Waals surface area contributed by atoms with E-state index in [1.165, 1.54) is 30.5 Å². The third kappa shape index (κ3) is 4.38. The lowest BCUT2D eigenvalue weighted by molar-refractivity contribution is 0.182. The number of aromatic nitrogens is 1. The van der Waals surface area contributed by atoms with Crippen molar-refractivity contribution in [3.63, 3.8) is 0 Å². The number of likely N-dealkylation sites (tertiary alicyclic amines) is 1. The molecule has 0 amide bonds. The molecule has 0 saturated carbocycles. The molecule has 110 valence electrons. The Labute approximate surface area is 127 Å². The van der Waals surface area contributed by atoms with E-state index in [0.29, 0.717) is 6.04 Å². The van der Waals surface area contributed by atoms with E-state index >= 15 is 0 Å². The second kappa shape index (κ2) is 7.34. The summed E-state index contributed by atoms with van der Waals surface area (Å²) in [5.41, 5.74) is 2.72. The molecule has 1 aromatic heterocycles. The van der Waals surface area contributed by atoms with Crippen molar-refractivity contribution in [1.82, 2.24) is 15.2 Å². The highest BCUT2D eigenvalue weighted by molar-refractivity contribution is 5.14. The molecule has 1 aliphatic heterocycles. The van der Waals surface area contributed by atoms with E-state index in [2.05, 4.69) is 57.7 Å². The molecule has 3 heteroatoms. The molecule has 0 radical (unpaired) electrons. The molecular weight excluding hydrogens is 258 g/mol. The first-order chi connectivity index (χ1) is 10.4. The second-order valence-corrected chi connectivity index (χ2v) is 5.80. The van der Waals surface area contributed by atoms with Gasteiger partial charge in [-0.2, -0.15) is 0 Å². The maximum atomic E-state index is 4.06. The number of pyridine rings is 1. The molecule has 1 aliphatic rings. The van der Waals surface area contributed by atoms with Crippen molar-refractivity contribution in [2.75, 3.05) is 13.1 Å². The summed E-state index contributed by atoms with van der Waals surface area (Å²) in [5.74, 6) is 0. The van der Waals surface area contributed by atoms with Gasteiger partial charge in [0.2, 0.25) is 0 Å². The van der Waals surface area contributed by atoms with Crippen molar-refractivity contribution < 1.29 is 0 Å². The van der Waals surface area contributed by atoms with Crippen LogP contribution in [0.2, 0.25) is 0 Å². The van der Waals surface area contributed by atoms with Crippen LogP contribution in [0, 0.1) is 0 Å². The highest BCUT2D eigenvalue weighted by atomic mass is 15.2. The third-order valence-corrected chi connectivity index (χ3v) is 4.10. The standard InChI is InChI=1S/C18H23N3/c1-2-5-17(6-3-1)14-21-12-4-7-18(15-21)20-13-16-8-10-19-11-9-16/h1-3,5-6,8-11,18,20H,4,7,12-15H2/t18-/m0/s1. The minimum atomic E-state index is 0.593. The molecule has 0 aliphatic carbocycles. The van der Waals surface area contributed by atoms with Gasteiger partial charge < -0.3 is 5.32 Å². The first-order valence-corrected chi connectivity index (χ1v) is 7.79. The lowest BCUT2D eigenvalue weighted by atomic mass is 10.0. The van der Waals surface area contributed by atoms with E-state index in [9.17, 15) is 0 Å². The first kappa shape index (κ1) is 14.2. The van der Waals surface area contributed by atoms with Crippen molar-refractivity contribution in [1.29, 1.82) is 0 Å². The van der Waals surface area contributed by atoms with Gasteiger partial charge in [-0.05, 0) is 42.6 Å². The zero-order chi connectivity index (χ0) is 14.3. The van der Waals surface area contributed by atoms with Gasteiger partial charge in [0.15, 0.2) is 0 Å². The summed E-state index contributed by atoms with van der Waals surface area (Å²) in [6.45, 7) is 4.35. The van der Waals surface area contributed by atoms with Crippen LogP contribution in [-0.4, -0.2) is 29.0 Å². The topological polar surface area (TPSA) is 28.2 Å². The largest absolute Gasteiger partial charge is 0.309 e. The third-order valence-electron chi connectivity index (χ3n) is 4.10. The predicted molar refractivity (Wildman–Crippen MR) is 85.8 cm³/mol. The summed E-state index contributed by atoms with van der Waals surface area (Å²) in [7, 11) is 0. The molecule has 0 spiro atoms. The van der Waals surface area contributed by atoms with Crippen LogP contribution in [0.1, 0.15) is 24.0 Å². The molecule has 1 atom stereocenters. The molecule has 1 aromatic carbocycles. The fourth-order valence-corrected chi connectivity index (χ4v) is 2.97. The Bertz CT molecular complexity index is 527. The van der Waals surface area contributed by atoms with Gasteiger partial charge in [-0.15, -0.1) is 0 Å². The number of piperidine rings is 1. The van der Waals surface area contributed by atoms with E-state index in [1.54, 1.807) is 0 Å². The van der Waals surface area contributed by atoms with Crippen molar-refractivity contribution in [3.05, 3.63) is 66.0 Å². The van der Waals surface area contributed by atoms with Crippen molar-refractivity contribution in [2.24, 2.45) is 0 Å². The normalized spacial score (nSPS) is 19.5. The van der Waals surface area contributed by atoms with E-state index in [1.807, 2.05) is 12.4 Å². The zero-order valence-corrected chi connectivity index (χ0v) is 12.4. The summed E-state index contributed by atoms with van der Waals surface area (Å²) in [6.07, 6.45) is 6.27. The maximum absolute atomic E-state index is 4.06. The molecule has 0 unspecified atom stereocenters. The molecule has 21 heavy (non-hydrogen) atoms. The number of hydrogen-bond acceptors (Lipinski definition) is 3. The Morgan fingerprint density at radius 3 is 2.67 bits per heavy atom. The minimum Gasteiger partial charge on any atom is -0.309 e. The van der Waals surface area contributed by atoms with Crippen molar-refractivity contribution in [2.45, 2.75) is 32.0 Å². The lowest BCUT2D eigenvalue weighted by Gasteiger charge is -2.33. The van der Waals surface area contributed by atoms with Gasteiger partial charge in [0.05, 0.1) is 0 Å². The number of benzene rings is 1. The van der Waals surface area contributed by atoms with Crippen LogP contribution in [0.15, 0.2) is 54.9 Å². The van der Waals surface area contributed by atoms with Gasteiger partial charge >= 0.3 is 0 Å². The van der Waals surface area contributed by atoms with E-state index in [4.69, 9.17) is 0 Å². The van der Waals surface area contributed by atoms with Crippen LogP contribution >= 0.6 is 0 Å². The van der Waals surface area contributed by atoms with Crippen LogP contribution in [-0.2, 0) is 13.1 Å². The van der Waals surface area contributed by atoms with Gasteiger partial charge in [-0.3, -0.25) is 9.88 Å². The highest BCUT2D eigenvalue weighted by Gasteiger charge is 2.19. The van der Waals surface area contributed by atoms with Crippen LogP contribution in [0.25, 0.3) is 0 Å². The molecule has 1 N–H and O–H groups in total. The maximum Gasteiger partial charge on any atom is 0.0271 e. The number of nitrogens with zero attached hydrogens (tertiary/aromatic N) is 2. The molecule has 1 saturated heterocycles. The fourth-order valence-electron chi connectivity index (χ4n) is 2.97. The van der Waals surface area contributed by atoms with Gasteiger partial charge in [-0.1, -0.05) is 30.3 Å². The number of rotatable bonds is 5. The summed E-state index contributed by atoms with van der Waals surface area (Å²) < 4.78 is 0. The lowest BCUT2D eigenvalue weighted by Crippen LogP contribution is -2.45. The summed E-state index contributed by atoms with van der Waals surface area (Å²) in [6, 6.07) is 15.5. The van der Waals surface area contributed by atoms with E-state index < -0.39 is 0 Å². The zero-order valence-electron chi connectivity index (χ0n) is 12.4. The smallest absolute Gasteiger partial charge is 0.0271 e. The predicted octanol–water partition coefficient (Wildman–Crippen LogP) is 2.84. The second-order valence-electron chi connectivity index (χ2n) is 5.80. The monoisotopic (exact) mass is 281 g/mol. The first-order valence-electron chi connectivity index (χ1n) is 7.79. The van der Waals surface area contributed by atoms with Gasteiger partial charge in [-0.25, -0.2) is 0 Å². The van der Waals surface area contributed by atoms with Crippen LogP contribution in [0.4, 0.5) is 0 Å². The Kier molecular flexibility index (Phi) is 4.98. The van der Waals surface area contributed by atoms with Crippen molar-refractivity contribution in [3.8, 4) is 0 Å². The minimum absolute atomic E-state index is 0.593. The Morgan fingerprint density at radius 2 is 1.86 bits per heavy atom. The molecule has 3 nitrogen and oxygen atoms in total. The summed E-state index contributed by atoms with van der Waals surface area (Å²) in [4.78, 5) is 6.62.